The average molecular weight is 379 g/mol. The van der Waals surface area contributed by atoms with E-state index in [1.54, 1.807) is 6.92 Å². The summed E-state index contributed by atoms with van der Waals surface area (Å²) >= 11 is 0. The Kier molecular flexibility index (Phi) is 5.40. The zero-order chi connectivity index (χ0) is 19.7. The van der Waals surface area contributed by atoms with Gasteiger partial charge in [0.2, 0.25) is 5.91 Å². The minimum atomic E-state index is 0.0909. The zero-order valence-electron chi connectivity index (χ0n) is 16.9. The molecule has 1 fully saturated rings. The van der Waals surface area contributed by atoms with Crippen LogP contribution in [-0.4, -0.2) is 46.5 Å². The van der Waals surface area contributed by atoms with Crippen LogP contribution in [0.5, 0.6) is 5.75 Å². The SMILES string of the molecule is CC(=O)N1CCc2cc(-c3ccc(CCN4CCC[C@H]4C)cc3)c(O)cc2C1. The molecule has 2 aromatic rings. The van der Waals surface area contributed by atoms with Crippen LogP contribution in [0.1, 0.15) is 43.4 Å². The molecule has 2 aromatic carbocycles. The van der Waals surface area contributed by atoms with E-state index in [9.17, 15) is 9.90 Å². The summed E-state index contributed by atoms with van der Waals surface area (Å²) in [7, 11) is 0. The average Bonchev–Trinajstić information content (AvgIpc) is 3.10. The smallest absolute Gasteiger partial charge is 0.219 e. The van der Waals surface area contributed by atoms with Crippen molar-refractivity contribution < 1.29 is 9.90 Å². The molecule has 1 saturated heterocycles. The number of carbonyl (C=O) groups is 1. The van der Waals surface area contributed by atoms with Gasteiger partial charge < -0.3 is 14.9 Å². The molecule has 2 aliphatic rings. The van der Waals surface area contributed by atoms with Crippen LogP contribution >= 0.6 is 0 Å². The van der Waals surface area contributed by atoms with Crippen molar-refractivity contribution >= 4 is 5.91 Å². The van der Waals surface area contributed by atoms with Crippen LogP contribution in [-0.2, 0) is 24.2 Å². The van der Waals surface area contributed by atoms with E-state index in [4.69, 9.17) is 0 Å². The van der Waals surface area contributed by atoms with E-state index in [0.717, 1.165) is 42.6 Å². The molecular formula is C24H30N2O2. The van der Waals surface area contributed by atoms with Crippen LogP contribution in [0.3, 0.4) is 0 Å². The number of hydrogen-bond acceptors (Lipinski definition) is 3. The van der Waals surface area contributed by atoms with Gasteiger partial charge in [0.1, 0.15) is 5.75 Å². The monoisotopic (exact) mass is 378 g/mol. The Labute approximate surface area is 167 Å². The number of benzene rings is 2. The number of phenolic OH excluding ortho intramolecular Hbond substituents is 1. The molecule has 1 amide bonds. The molecule has 4 rings (SSSR count). The maximum atomic E-state index is 11.6. The summed E-state index contributed by atoms with van der Waals surface area (Å²) in [6.45, 7) is 7.61. The Bertz CT molecular complexity index is 860. The van der Waals surface area contributed by atoms with Crippen LogP contribution in [0.2, 0.25) is 0 Å². The van der Waals surface area contributed by atoms with Gasteiger partial charge in [0.05, 0.1) is 0 Å². The van der Waals surface area contributed by atoms with Gasteiger partial charge in [-0.1, -0.05) is 24.3 Å². The van der Waals surface area contributed by atoms with E-state index in [1.807, 2.05) is 11.0 Å². The normalized spacial score (nSPS) is 19.6. The van der Waals surface area contributed by atoms with Crippen molar-refractivity contribution in [3.05, 3.63) is 53.1 Å². The highest BCUT2D eigenvalue weighted by Gasteiger charge is 2.21. The van der Waals surface area contributed by atoms with Crippen molar-refractivity contribution in [1.82, 2.24) is 9.80 Å². The third-order valence-corrected chi connectivity index (χ3v) is 6.42. The fourth-order valence-corrected chi connectivity index (χ4v) is 4.54. The van der Waals surface area contributed by atoms with Crippen molar-refractivity contribution in [3.8, 4) is 16.9 Å². The minimum absolute atomic E-state index is 0.0909. The molecule has 0 saturated carbocycles. The van der Waals surface area contributed by atoms with Crippen LogP contribution in [0.15, 0.2) is 36.4 Å². The third kappa shape index (κ3) is 3.93. The lowest BCUT2D eigenvalue weighted by molar-refractivity contribution is -0.129. The first kappa shape index (κ1) is 19.0. The number of hydrogen-bond donors (Lipinski definition) is 1. The van der Waals surface area contributed by atoms with Crippen molar-refractivity contribution in [3.63, 3.8) is 0 Å². The number of fused-ring (bicyclic) bond motifs is 1. The van der Waals surface area contributed by atoms with Gasteiger partial charge in [0.15, 0.2) is 0 Å². The molecule has 0 spiro atoms. The molecule has 2 aliphatic heterocycles. The molecule has 0 aromatic heterocycles. The lowest BCUT2D eigenvalue weighted by Crippen LogP contribution is -2.34. The molecule has 0 bridgehead atoms. The van der Waals surface area contributed by atoms with Crippen molar-refractivity contribution in [2.75, 3.05) is 19.6 Å². The number of likely N-dealkylation sites (tertiary alicyclic amines) is 1. The first-order valence-electron chi connectivity index (χ1n) is 10.4. The van der Waals surface area contributed by atoms with Crippen LogP contribution in [0.25, 0.3) is 11.1 Å². The molecule has 0 unspecified atom stereocenters. The Morgan fingerprint density at radius 3 is 2.61 bits per heavy atom. The molecule has 4 heteroatoms. The number of aromatic hydroxyl groups is 1. The molecule has 28 heavy (non-hydrogen) atoms. The largest absolute Gasteiger partial charge is 0.507 e. The zero-order valence-corrected chi connectivity index (χ0v) is 16.9. The molecule has 148 valence electrons. The molecular weight excluding hydrogens is 348 g/mol. The minimum Gasteiger partial charge on any atom is -0.507 e. The highest BCUT2D eigenvalue weighted by atomic mass is 16.3. The highest BCUT2D eigenvalue weighted by molar-refractivity contribution is 5.75. The second-order valence-electron chi connectivity index (χ2n) is 8.30. The molecule has 1 atom stereocenters. The van der Waals surface area contributed by atoms with Crippen LogP contribution < -0.4 is 0 Å². The first-order chi connectivity index (χ1) is 13.5. The van der Waals surface area contributed by atoms with Gasteiger partial charge in [0, 0.05) is 38.2 Å². The van der Waals surface area contributed by atoms with Gasteiger partial charge in [0.25, 0.3) is 0 Å². The standard InChI is InChI=1S/C24H30N2O2/c1-17-4-3-11-25(17)12-9-19-5-7-20(8-6-19)23-14-21-10-13-26(18(2)27)16-22(21)15-24(23)28/h5-8,14-15,17,28H,3-4,9-13,16H2,1-2H3/t17-/m1/s1. The van der Waals surface area contributed by atoms with Crippen molar-refractivity contribution in [2.24, 2.45) is 0 Å². The van der Waals surface area contributed by atoms with Gasteiger partial charge in [-0.05, 0) is 73.5 Å². The summed E-state index contributed by atoms with van der Waals surface area (Å²) in [6, 6.07) is 13.3. The summed E-state index contributed by atoms with van der Waals surface area (Å²) in [5.74, 6) is 0.385. The predicted molar refractivity (Wildman–Crippen MR) is 112 cm³/mol. The quantitative estimate of drug-likeness (QED) is 0.875. The molecule has 1 N–H and O–H groups in total. The topological polar surface area (TPSA) is 43.8 Å². The van der Waals surface area contributed by atoms with E-state index in [2.05, 4.69) is 42.2 Å². The van der Waals surface area contributed by atoms with E-state index >= 15 is 0 Å². The molecule has 0 aliphatic carbocycles. The lowest BCUT2D eigenvalue weighted by Gasteiger charge is -2.28. The maximum absolute atomic E-state index is 11.6. The lowest BCUT2D eigenvalue weighted by atomic mass is 9.93. The van der Waals surface area contributed by atoms with Gasteiger partial charge >= 0.3 is 0 Å². The Balaban J connectivity index is 1.48. The Hall–Kier alpha value is -2.33. The Morgan fingerprint density at radius 1 is 1.14 bits per heavy atom. The van der Waals surface area contributed by atoms with Crippen LogP contribution in [0, 0.1) is 0 Å². The number of rotatable bonds is 4. The third-order valence-electron chi connectivity index (χ3n) is 6.42. The number of nitrogens with zero attached hydrogens (tertiary/aromatic N) is 2. The summed E-state index contributed by atoms with van der Waals surface area (Å²) < 4.78 is 0. The molecule has 4 nitrogen and oxygen atoms in total. The number of amides is 1. The number of phenols is 1. The fraction of sp³-hybridized carbons (Fsp3) is 0.458. The highest BCUT2D eigenvalue weighted by Crippen LogP contribution is 2.34. The number of carbonyl (C=O) groups excluding carboxylic acids is 1. The van der Waals surface area contributed by atoms with Crippen molar-refractivity contribution in [1.29, 1.82) is 0 Å². The maximum Gasteiger partial charge on any atom is 0.219 e. The second kappa shape index (κ2) is 7.96. The summed E-state index contributed by atoms with van der Waals surface area (Å²) in [5.41, 5.74) is 5.57. The molecule has 2 heterocycles. The van der Waals surface area contributed by atoms with E-state index in [1.165, 1.54) is 30.5 Å². The Morgan fingerprint density at radius 2 is 1.93 bits per heavy atom. The van der Waals surface area contributed by atoms with E-state index in [0.29, 0.717) is 18.3 Å². The van der Waals surface area contributed by atoms with Gasteiger partial charge in [-0.2, -0.15) is 0 Å². The van der Waals surface area contributed by atoms with Crippen molar-refractivity contribution in [2.45, 2.75) is 52.1 Å². The van der Waals surface area contributed by atoms with Gasteiger partial charge in [-0.25, -0.2) is 0 Å². The van der Waals surface area contributed by atoms with E-state index in [-0.39, 0.29) is 5.91 Å². The predicted octanol–water partition coefficient (Wildman–Crippen LogP) is 3.99. The summed E-state index contributed by atoms with van der Waals surface area (Å²) in [6.07, 6.45) is 4.55. The summed E-state index contributed by atoms with van der Waals surface area (Å²) in [5, 5.41) is 10.6. The van der Waals surface area contributed by atoms with Gasteiger partial charge in [-0.15, -0.1) is 0 Å². The summed E-state index contributed by atoms with van der Waals surface area (Å²) in [4.78, 5) is 16.0. The molecule has 0 radical (unpaired) electrons. The van der Waals surface area contributed by atoms with Gasteiger partial charge in [-0.3, -0.25) is 4.79 Å². The van der Waals surface area contributed by atoms with E-state index < -0.39 is 0 Å². The first-order valence-corrected chi connectivity index (χ1v) is 10.4. The fourth-order valence-electron chi connectivity index (χ4n) is 4.54. The van der Waals surface area contributed by atoms with Crippen LogP contribution in [0.4, 0.5) is 0 Å². The second-order valence-corrected chi connectivity index (χ2v) is 8.30.